The molecular formula is C18H20N4OS. The van der Waals surface area contributed by atoms with Crippen LogP contribution in [0.1, 0.15) is 12.5 Å². The number of aryl methyl sites for hydroxylation is 1. The summed E-state index contributed by atoms with van der Waals surface area (Å²) < 4.78 is 2.13. The molecule has 1 amide bonds. The Balaban J connectivity index is 1.91. The third-order valence-electron chi connectivity index (χ3n) is 3.88. The van der Waals surface area contributed by atoms with E-state index in [4.69, 9.17) is 0 Å². The zero-order valence-electron chi connectivity index (χ0n) is 13.8. The molecule has 124 valence electrons. The maximum atomic E-state index is 12.4. The van der Waals surface area contributed by atoms with Crippen molar-refractivity contribution in [1.82, 2.24) is 19.9 Å². The standard InChI is InChI=1S/C18H20N4OS/c1-3-22-15-9-10-20-12-14(15)21-18(22)24-16(17(23)19-2)11-13-7-5-4-6-8-13/h4-10,12,16H,3,11H2,1-2H3,(H,19,23)/t16-/m1/s1. The molecule has 0 saturated heterocycles. The largest absolute Gasteiger partial charge is 0.358 e. The first kappa shape index (κ1) is 16.5. The first-order chi connectivity index (χ1) is 11.7. The summed E-state index contributed by atoms with van der Waals surface area (Å²) in [7, 11) is 1.67. The van der Waals surface area contributed by atoms with Crippen LogP contribution >= 0.6 is 11.8 Å². The van der Waals surface area contributed by atoms with Crippen LogP contribution in [0.25, 0.3) is 11.0 Å². The highest BCUT2D eigenvalue weighted by molar-refractivity contribution is 8.00. The zero-order chi connectivity index (χ0) is 16.9. The number of thioether (sulfide) groups is 1. The van der Waals surface area contributed by atoms with Gasteiger partial charge in [0.05, 0.1) is 17.0 Å². The number of benzene rings is 1. The average Bonchev–Trinajstić information content (AvgIpc) is 2.98. The molecule has 1 atom stereocenters. The Bertz CT molecular complexity index is 831. The Kier molecular flexibility index (Phi) is 5.15. The molecule has 0 unspecified atom stereocenters. The van der Waals surface area contributed by atoms with Crippen LogP contribution in [0.15, 0.2) is 53.9 Å². The van der Waals surface area contributed by atoms with Crippen molar-refractivity contribution in [2.75, 3.05) is 7.05 Å². The van der Waals surface area contributed by atoms with Crippen LogP contribution < -0.4 is 5.32 Å². The molecule has 0 bridgehead atoms. The summed E-state index contributed by atoms with van der Waals surface area (Å²) in [5.74, 6) is 0.0108. The molecule has 1 aromatic carbocycles. The topological polar surface area (TPSA) is 59.8 Å². The number of imidazole rings is 1. The van der Waals surface area contributed by atoms with E-state index < -0.39 is 0 Å². The number of pyridine rings is 1. The first-order valence-electron chi connectivity index (χ1n) is 7.95. The van der Waals surface area contributed by atoms with E-state index in [2.05, 4.69) is 26.8 Å². The number of carbonyl (C=O) groups excluding carboxylic acids is 1. The lowest BCUT2D eigenvalue weighted by molar-refractivity contribution is -0.120. The fourth-order valence-electron chi connectivity index (χ4n) is 2.66. The quantitative estimate of drug-likeness (QED) is 0.701. The van der Waals surface area contributed by atoms with E-state index in [9.17, 15) is 4.79 Å². The highest BCUT2D eigenvalue weighted by Gasteiger charge is 2.22. The van der Waals surface area contributed by atoms with Crippen molar-refractivity contribution in [3.05, 3.63) is 54.4 Å². The molecule has 24 heavy (non-hydrogen) atoms. The van der Waals surface area contributed by atoms with Gasteiger partial charge in [-0.25, -0.2) is 4.98 Å². The van der Waals surface area contributed by atoms with Gasteiger partial charge in [-0.05, 0) is 25.0 Å². The lowest BCUT2D eigenvalue weighted by Crippen LogP contribution is -2.31. The third-order valence-corrected chi connectivity index (χ3v) is 5.07. The van der Waals surface area contributed by atoms with Crippen LogP contribution in [0, 0.1) is 0 Å². The second-order valence-corrected chi connectivity index (χ2v) is 6.58. The Labute approximate surface area is 145 Å². The molecule has 0 spiro atoms. The van der Waals surface area contributed by atoms with Gasteiger partial charge in [0.15, 0.2) is 5.16 Å². The van der Waals surface area contributed by atoms with Gasteiger partial charge in [0, 0.05) is 19.8 Å². The van der Waals surface area contributed by atoms with Crippen molar-refractivity contribution in [3.8, 4) is 0 Å². The van der Waals surface area contributed by atoms with Gasteiger partial charge in [0.2, 0.25) is 5.91 Å². The summed E-state index contributed by atoms with van der Waals surface area (Å²) in [5, 5.41) is 3.39. The number of nitrogens with zero attached hydrogens (tertiary/aromatic N) is 3. The molecule has 5 nitrogen and oxygen atoms in total. The van der Waals surface area contributed by atoms with E-state index in [1.807, 2.05) is 36.4 Å². The number of hydrogen-bond donors (Lipinski definition) is 1. The normalized spacial score (nSPS) is 12.2. The van der Waals surface area contributed by atoms with Crippen molar-refractivity contribution in [2.24, 2.45) is 0 Å². The van der Waals surface area contributed by atoms with Crippen LogP contribution in [0.3, 0.4) is 0 Å². The van der Waals surface area contributed by atoms with Gasteiger partial charge in [-0.15, -0.1) is 0 Å². The molecule has 0 aliphatic rings. The molecule has 3 rings (SSSR count). The number of rotatable bonds is 6. The molecule has 3 aromatic rings. The van der Waals surface area contributed by atoms with Gasteiger partial charge in [-0.1, -0.05) is 42.1 Å². The average molecular weight is 340 g/mol. The minimum absolute atomic E-state index is 0.0108. The fraction of sp³-hybridized carbons (Fsp3) is 0.278. The predicted molar refractivity (Wildman–Crippen MR) is 97.1 cm³/mol. The van der Waals surface area contributed by atoms with Gasteiger partial charge in [0.1, 0.15) is 5.52 Å². The van der Waals surface area contributed by atoms with Gasteiger partial charge in [0.25, 0.3) is 0 Å². The van der Waals surface area contributed by atoms with E-state index in [-0.39, 0.29) is 11.2 Å². The lowest BCUT2D eigenvalue weighted by Gasteiger charge is -2.15. The minimum atomic E-state index is -0.229. The second-order valence-electron chi connectivity index (χ2n) is 5.41. The number of fused-ring (bicyclic) bond motifs is 1. The van der Waals surface area contributed by atoms with Crippen LogP contribution in [-0.4, -0.2) is 32.7 Å². The smallest absolute Gasteiger partial charge is 0.233 e. The molecule has 2 aromatic heterocycles. The Morgan fingerprint density at radius 1 is 1.29 bits per heavy atom. The Morgan fingerprint density at radius 3 is 2.79 bits per heavy atom. The monoisotopic (exact) mass is 340 g/mol. The number of carbonyl (C=O) groups is 1. The van der Waals surface area contributed by atoms with Gasteiger partial charge >= 0.3 is 0 Å². The summed E-state index contributed by atoms with van der Waals surface area (Å²) in [6.45, 7) is 2.88. The molecule has 0 fully saturated rings. The van der Waals surface area contributed by atoms with Gasteiger partial charge in [-0.2, -0.15) is 0 Å². The molecule has 0 aliphatic heterocycles. The number of hydrogen-bond acceptors (Lipinski definition) is 4. The summed E-state index contributed by atoms with van der Waals surface area (Å²) >= 11 is 1.51. The summed E-state index contributed by atoms with van der Waals surface area (Å²) in [6, 6.07) is 12.0. The molecule has 6 heteroatoms. The highest BCUT2D eigenvalue weighted by atomic mass is 32.2. The highest BCUT2D eigenvalue weighted by Crippen LogP contribution is 2.29. The van der Waals surface area contributed by atoms with E-state index >= 15 is 0 Å². The van der Waals surface area contributed by atoms with Gasteiger partial charge < -0.3 is 9.88 Å². The minimum Gasteiger partial charge on any atom is -0.358 e. The van der Waals surface area contributed by atoms with Crippen LogP contribution in [0.5, 0.6) is 0 Å². The molecule has 0 aliphatic carbocycles. The summed E-state index contributed by atoms with van der Waals surface area (Å²) in [6.07, 6.45) is 4.19. The van der Waals surface area contributed by atoms with E-state index in [0.717, 1.165) is 28.3 Å². The van der Waals surface area contributed by atoms with Crippen LogP contribution in [0.4, 0.5) is 0 Å². The maximum Gasteiger partial charge on any atom is 0.233 e. The maximum absolute atomic E-state index is 12.4. The summed E-state index contributed by atoms with van der Waals surface area (Å²) in [4.78, 5) is 21.2. The first-order valence-corrected chi connectivity index (χ1v) is 8.83. The SMILES string of the molecule is CCn1c(S[C@H](Cc2ccccc2)C(=O)NC)nc2cnccc21. The summed E-state index contributed by atoms with van der Waals surface area (Å²) in [5.41, 5.74) is 3.04. The predicted octanol–water partition coefficient (Wildman–Crippen LogP) is 2.90. The van der Waals surface area contributed by atoms with E-state index in [1.165, 1.54) is 11.8 Å². The van der Waals surface area contributed by atoms with Crippen molar-refractivity contribution < 1.29 is 4.79 Å². The number of aromatic nitrogens is 3. The Morgan fingerprint density at radius 2 is 2.08 bits per heavy atom. The fourth-order valence-corrected chi connectivity index (χ4v) is 3.92. The number of nitrogens with one attached hydrogen (secondary N) is 1. The molecule has 1 N–H and O–H groups in total. The van der Waals surface area contributed by atoms with Crippen molar-refractivity contribution >= 4 is 28.7 Å². The van der Waals surface area contributed by atoms with E-state index in [1.54, 1.807) is 19.4 Å². The number of amides is 1. The van der Waals surface area contributed by atoms with Crippen molar-refractivity contribution in [1.29, 1.82) is 0 Å². The van der Waals surface area contributed by atoms with Gasteiger partial charge in [-0.3, -0.25) is 9.78 Å². The van der Waals surface area contributed by atoms with Crippen LogP contribution in [0.2, 0.25) is 0 Å². The second kappa shape index (κ2) is 7.49. The molecule has 0 saturated carbocycles. The lowest BCUT2D eigenvalue weighted by atomic mass is 10.1. The van der Waals surface area contributed by atoms with E-state index in [0.29, 0.717) is 6.42 Å². The molecule has 0 radical (unpaired) electrons. The Hall–Kier alpha value is -2.34. The third kappa shape index (κ3) is 3.43. The zero-order valence-corrected chi connectivity index (χ0v) is 14.6. The molecule has 2 heterocycles. The van der Waals surface area contributed by atoms with Crippen LogP contribution in [-0.2, 0) is 17.8 Å². The van der Waals surface area contributed by atoms with Crippen molar-refractivity contribution in [2.45, 2.75) is 30.3 Å². The van der Waals surface area contributed by atoms with Crippen molar-refractivity contribution in [3.63, 3.8) is 0 Å². The molecular weight excluding hydrogens is 320 g/mol.